The Balaban J connectivity index is 2.43. The Bertz CT molecular complexity index is 837. The summed E-state index contributed by atoms with van der Waals surface area (Å²) in [6.07, 6.45) is 0.843. The molecule has 3 nitrogen and oxygen atoms in total. The summed E-state index contributed by atoms with van der Waals surface area (Å²) in [4.78, 5) is 11.4. The molecule has 0 bridgehead atoms. The number of aldehydes is 1. The van der Waals surface area contributed by atoms with E-state index in [1.807, 2.05) is 48.5 Å². The zero-order valence-electron chi connectivity index (χ0n) is 12.2. The van der Waals surface area contributed by atoms with Gasteiger partial charge in [0.2, 0.25) is 0 Å². The van der Waals surface area contributed by atoms with Gasteiger partial charge in [-0.25, -0.2) is 0 Å². The van der Waals surface area contributed by atoms with E-state index in [0.29, 0.717) is 5.56 Å². The van der Waals surface area contributed by atoms with Crippen LogP contribution in [0, 0.1) is 0 Å². The number of aliphatic hydroxyl groups excluding tert-OH is 1. The maximum Gasteiger partial charge on any atom is 0.150 e. The van der Waals surface area contributed by atoms with E-state index in [-0.39, 0.29) is 6.61 Å². The zero-order chi connectivity index (χ0) is 15.5. The van der Waals surface area contributed by atoms with Crippen LogP contribution in [0.3, 0.4) is 0 Å². The first-order valence-electron chi connectivity index (χ1n) is 7.04. The molecule has 0 radical (unpaired) electrons. The summed E-state index contributed by atoms with van der Waals surface area (Å²) in [6.45, 7) is -0.0876. The lowest BCUT2D eigenvalue weighted by molar-refractivity contribution is 0.112. The molecule has 0 aliphatic rings. The molecule has 3 rings (SSSR count). The average Bonchev–Trinajstić information content (AvgIpc) is 2.60. The van der Waals surface area contributed by atoms with Crippen molar-refractivity contribution in [1.82, 2.24) is 0 Å². The molecule has 3 heteroatoms. The molecule has 0 spiro atoms. The molecule has 0 aromatic heterocycles. The highest BCUT2D eigenvalue weighted by Crippen LogP contribution is 2.37. The van der Waals surface area contributed by atoms with Gasteiger partial charge in [0.15, 0.2) is 6.29 Å². The monoisotopic (exact) mass is 292 g/mol. The highest BCUT2D eigenvalue weighted by molar-refractivity contribution is 6.04. The number of ether oxygens (including phenoxy) is 1. The van der Waals surface area contributed by atoms with Crippen LogP contribution < -0.4 is 4.74 Å². The lowest BCUT2D eigenvalue weighted by Crippen LogP contribution is -1.96. The van der Waals surface area contributed by atoms with Crippen LogP contribution in [0.1, 0.15) is 15.9 Å². The summed E-state index contributed by atoms with van der Waals surface area (Å²) in [5, 5.41) is 11.6. The molecule has 0 saturated carbocycles. The van der Waals surface area contributed by atoms with Gasteiger partial charge in [0.05, 0.1) is 13.7 Å². The van der Waals surface area contributed by atoms with Crippen LogP contribution in [-0.4, -0.2) is 18.5 Å². The molecule has 3 aromatic carbocycles. The molecule has 0 saturated heterocycles. The highest BCUT2D eigenvalue weighted by Gasteiger charge is 2.14. The van der Waals surface area contributed by atoms with Crippen LogP contribution in [-0.2, 0) is 6.61 Å². The van der Waals surface area contributed by atoms with Gasteiger partial charge in [-0.2, -0.15) is 0 Å². The molecule has 0 aliphatic carbocycles. The summed E-state index contributed by atoms with van der Waals surface area (Å²) in [5.74, 6) is 0.770. The van der Waals surface area contributed by atoms with Crippen molar-refractivity contribution in [2.45, 2.75) is 6.61 Å². The van der Waals surface area contributed by atoms with E-state index in [9.17, 15) is 9.90 Å². The first kappa shape index (κ1) is 14.3. The normalized spacial score (nSPS) is 10.6. The van der Waals surface area contributed by atoms with Gasteiger partial charge in [-0.15, -0.1) is 0 Å². The van der Waals surface area contributed by atoms with Crippen molar-refractivity contribution in [2.75, 3.05) is 7.11 Å². The fourth-order valence-corrected chi connectivity index (χ4v) is 2.83. The van der Waals surface area contributed by atoms with Crippen LogP contribution >= 0.6 is 0 Å². The first-order chi connectivity index (χ1) is 10.8. The SMILES string of the molecule is COc1cccc2c(-c3ccccc3C=O)c(CO)ccc12. The lowest BCUT2D eigenvalue weighted by atomic mass is 9.91. The number of carbonyl (C=O) groups is 1. The third kappa shape index (κ3) is 2.26. The van der Waals surface area contributed by atoms with E-state index in [4.69, 9.17) is 4.74 Å². The van der Waals surface area contributed by atoms with Crippen molar-refractivity contribution in [3.05, 3.63) is 65.7 Å². The predicted octanol–water partition coefficient (Wildman–Crippen LogP) is 3.82. The summed E-state index contributed by atoms with van der Waals surface area (Å²) in [5.41, 5.74) is 3.09. The molecular weight excluding hydrogens is 276 g/mol. The number of hydrogen-bond donors (Lipinski definition) is 1. The van der Waals surface area contributed by atoms with E-state index < -0.39 is 0 Å². The Morgan fingerprint density at radius 3 is 2.55 bits per heavy atom. The van der Waals surface area contributed by atoms with E-state index in [1.54, 1.807) is 13.2 Å². The van der Waals surface area contributed by atoms with Gasteiger partial charge in [0.25, 0.3) is 0 Å². The third-order valence-electron chi connectivity index (χ3n) is 3.86. The Hall–Kier alpha value is -2.65. The van der Waals surface area contributed by atoms with E-state index in [0.717, 1.165) is 39.5 Å². The molecule has 0 atom stereocenters. The maximum atomic E-state index is 11.4. The third-order valence-corrected chi connectivity index (χ3v) is 3.86. The Morgan fingerprint density at radius 2 is 1.82 bits per heavy atom. The number of benzene rings is 3. The van der Waals surface area contributed by atoms with Crippen molar-refractivity contribution < 1.29 is 14.6 Å². The number of fused-ring (bicyclic) bond motifs is 1. The van der Waals surface area contributed by atoms with Gasteiger partial charge >= 0.3 is 0 Å². The zero-order valence-corrected chi connectivity index (χ0v) is 12.2. The van der Waals surface area contributed by atoms with Crippen molar-refractivity contribution in [2.24, 2.45) is 0 Å². The smallest absolute Gasteiger partial charge is 0.150 e. The Kier molecular flexibility index (Phi) is 3.90. The second-order valence-electron chi connectivity index (χ2n) is 5.02. The van der Waals surface area contributed by atoms with Crippen molar-refractivity contribution in [1.29, 1.82) is 0 Å². The first-order valence-corrected chi connectivity index (χ1v) is 7.04. The van der Waals surface area contributed by atoms with Gasteiger partial charge in [-0.05, 0) is 28.1 Å². The van der Waals surface area contributed by atoms with Crippen LogP contribution in [0.5, 0.6) is 5.75 Å². The van der Waals surface area contributed by atoms with Crippen LogP contribution in [0.25, 0.3) is 21.9 Å². The summed E-state index contributed by atoms with van der Waals surface area (Å²) >= 11 is 0. The average molecular weight is 292 g/mol. The van der Waals surface area contributed by atoms with Gasteiger partial charge in [-0.1, -0.05) is 48.5 Å². The van der Waals surface area contributed by atoms with E-state index in [1.165, 1.54) is 0 Å². The van der Waals surface area contributed by atoms with Crippen LogP contribution in [0.15, 0.2) is 54.6 Å². The number of hydrogen-bond acceptors (Lipinski definition) is 3. The van der Waals surface area contributed by atoms with Crippen molar-refractivity contribution in [3.8, 4) is 16.9 Å². The predicted molar refractivity (Wildman–Crippen MR) is 87.2 cm³/mol. The number of carbonyl (C=O) groups excluding carboxylic acids is 1. The lowest BCUT2D eigenvalue weighted by Gasteiger charge is -2.15. The second kappa shape index (κ2) is 6.00. The minimum absolute atomic E-state index is 0.0876. The minimum Gasteiger partial charge on any atom is -0.496 e. The standard InChI is InChI=1S/C19H16O3/c1-22-18-8-4-7-17-16(18)10-9-14(12-21)19(17)15-6-3-2-5-13(15)11-20/h2-11,21H,12H2,1H3. The van der Waals surface area contributed by atoms with Crippen molar-refractivity contribution >= 4 is 17.1 Å². The topological polar surface area (TPSA) is 46.5 Å². The number of aliphatic hydroxyl groups is 1. The van der Waals surface area contributed by atoms with E-state index >= 15 is 0 Å². The minimum atomic E-state index is -0.0876. The highest BCUT2D eigenvalue weighted by atomic mass is 16.5. The summed E-state index contributed by atoms with van der Waals surface area (Å²) < 4.78 is 5.42. The molecular formula is C19H16O3. The molecule has 1 N–H and O–H groups in total. The molecule has 0 aliphatic heterocycles. The molecule has 3 aromatic rings. The van der Waals surface area contributed by atoms with Gasteiger partial charge in [0, 0.05) is 10.9 Å². The van der Waals surface area contributed by atoms with Crippen molar-refractivity contribution in [3.63, 3.8) is 0 Å². The molecule has 0 heterocycles. The summed E-state index contributed by atoms with van der Waals surface area (Å²) in [7, 11) is 1.63. The molecule has 0 unspecified atom stereocenters. The van der Waals surface area contributed by atoms with Gasteiger partial charge in [-0.3, -0.25) is 4.79 Å². The fourth-order valence-electron chi connectivity index (χ4n) is 2.83. The maximum absolute atomic E-state index is 11.4. The Labute approximate surface area is 128 Å². The largest absolute Gasteiger partial charge is 0.496 e. The number of rotatable bonds is 4. The molecule has 0 amide bonds. The molecule has 110 valence electrons. The summed E-state index contributed by atoms with van der Waals surface area (Å²) in [6, 6.07) is 17.0. The van der Waals surface area contributed by atoms with Gasteiger partial charge in [0.1, 0.15) is 5.75 Å². The quantitative estimate of drug-likeness (QED) is 0.744. The number of methoxy groups -OCH3 is 1. The Morgan fingerprint density at radius 1 is 1.00 bits per heavy atom. The molecule has 0 fully saturated rings. The van der Waals surface area contributed by atoms with E-state index in [2.05, 4.69) is 0 Å². The van der Waals surface area contributed by atoms with Gasteiger partial charge < -0.3 is 9.84 Å². The molecule has 22 heavy (non-hydrogen) atoms. The fraction of sp³-hybridized carbons (Fsp3) is 0.105. The second-order valence-corrected chi connectivity index (χ2v) is 5.02. The van der Waals surface area contributed by atoms with Crippen LogP contribution in [0.4, 0.5) is 0 Å². The van der Waals surface area contributed by atoms with Crippen LogP contribution in [0.2, 0.25) is 0 Å².